The molecule has 0 bridgehead atoms. The smallest absolute Gasteiger partial charge is 0.240 e. The van der Waals surface area contributed by atoms with E-state index in [9.17, 15) is 4.79 Å². The molecular weight excluding hydrogens is 411 g/mol. The van der Waals surface area contributed by atoms with Crippen LogP contribution in [0.4, 0.5) is 0 Å². The first kappa shape index (κ1) is 21.0. The molecule has 7 heteroatoms. The van der Waals surface area contributed by atoms with Crippen molar-refractivity contribution in [1.29, 1.82) is 0 Å². The van der Waals surface area contributed by atoms with Gasteiger partial charge in [0.15, 0.2) is 0 Å². The van der Waals surface area contributed by atoms with Gasteiger partial charge in [0.05, 0.1) is 25.0 Å². The minimum atomic E-state index is -0.190. The number of benzene rings is 3. The SMILES string of the molecule is COc1ccc(/C=N/NC(=O)CCCOc2ccc(Cl)cc2Cl)c2ccccc12. The molecule has 3 aromatic rings. The molecule has 0 radical (unpaired) electrons. The van der Waals surface area contributed by atoms with E-state index in [4.69, 9.17) is 32.7 Å². The average Bonchev–Trinajstić information content (AvgIpc) is 2.72. The average molecular weight is 431 g/mol. The number of hydrogen-bond donors (Lipinski definition) is 1. The molecule has 0 aromatic heterocycles. The van der Waals surface area contributed by atoms with Gasteiger partial charge in [0.2, 0.25) is 5.91 Å². The highest BCUT2D eigenvalue weighted by molar-refractivity contribution is 6.35. The highest BCUT2D eigenvalue weighted by Gasteiger charge is 2.06. The van der Waals surface area contributed by atoms with E-state index in [1.807, 2.05) is 36.4 Å². The lowest BCUT2D eigenvalue weighted by atomic mass is 10.0. The van der Waals surface area contributed by atoms with Crippen LogP contribution < -0.4 is 14.9 Å². The molecule has 3 rings (SSSR count). The van der Waals surface area contributed by atoms with E-state index in [0.29, 0.717) is 28.8 Å². The Morgan fingerprint density at radius 2 is 1.83 bits per heavy atom. The zero-order valence-corrected chi connectivity index (χ0v) is 17.3. The molecule has 3 aromatic carbocycles. The van der Waals surface area contributed by atoms with E-state index < -0.39 is 0 Å². The third-order valence-corrected chi connectivity index (χ3v) is 4.76. The van der Waals surface area contributed by atoms with Gasteiger partial charge in [-0.2, -0.15) is 5.10 Å². The van der Waals surface area contributed by atoms with Gasteiger partial charge in [0.1, 0.15) is 11.5 Å². The fourth-order valence-corrected chi connectivity index (χ4v) is 3.29. The quantitative estimate of drug-likeness (QED) is 0.293. The van der Waals surface area contributed by atoms with Gasteiger partial charge in [-0.05, 0) is 42.1 Å². The zero-order valence-electron chi connectivity index (χ0n) is 15.8. The summed E-state index contributed by atoms with van der Waals surface area (Å²) in [5.74, 6) is 1.15. The number of amides is 1. The van der Waals surface area contributed by atoms with Crippen molar-refractivity contribution < 1.29 is 14.3 Å². The maximum Gasteiger partial charge on any atom is 0.240 e. The first-order chi connectivity index (χ1) is 14.1. The zero-order chi connectivity index (χ0) is 20.6. The van der Waals surface area contributed by atoms with Crippen molar-refractivity contribution in [2.75, 3.05) is 13.7 Å². The van der Waals surface area contributed by atoms with Crippen molar-refractivity contribution >= 4 is 46.1 Å². The first-order valence-electron chi connectivity index (χ1n) is 9.04. The van der Waals surface area contributed by atoms with Gasteiger partial charge in [0.25, 0.3) is 0 Å². The van der Waals surface area contributed by atoms with Gasteiger partial charge in [-0.15, -0.1) is 0 Å². The van der Waals surface area contributed by atoms with E-state index >= 15 is 0 Å². The van der Waals surface area contributed by atoms with E-state index in [0.717, 1.165) is 22.1 Å². The molecule has 0 unspecified atom stereocenters. The Balaban J connectivity index is 1.49. The van der Waals surface area contributed by atoms with Gasteiger partial charge in [-0.25, -0.2) is 5.43 Å². The Hall–Kier alpha value is -2.76. The number of rotatable bonds is 8. The predicted octanol–water partition coefficient (Wildman–Crippen LogP) is 5.46. The summed E-state index contributed by atoms with van der Waals surface area (Å²) in [5.41, 5.74) is 3.43. The minimum Gasteiger partial charge on any atom is -0.496 e. The van der Waals surface area contributed by atoms with Crippen molar-refractivity contribution in [3.05, 3.63) is 70.2 Å². The number of nitrogens with zero attached hydrogens (tertiary/aromatic N) is 1. The molecule has 0 atom stereocenters. The monoisotopic (exact) mass is 430 g/mol. The lowest BCUT2D eigenvalue weighted by Gasteiger charge is -2.08. The molecule has 0 aliphatic rings. The number of fused-ring (bicyclic) bond motifs is 1. The Morgan fingerprint density at radius 1 is 1.07 bits per heavy atom. The molecule has 1 N–H and O–H groups in total. The molecule has 5 nitrogen and oxygen atoms in total. The van der Waals surface area contributed by atoms with Crippen LogP contribution in [-0.2, 0) is 4.79 Å². The molecule has 0 aliphatic carbocycles. The third kappa shape index (κ3) is 5.62. The van der Waals surface area contributed by atoms with E-state index in [1.54, 1.807) is 31.5 Å². The second-order valence-corrected chi connectivity index (χ2v) is 7.07. The number of carbonyl (C=O) groups excluding carboxylic acids is 1. The van der Waals surface area contributed by atoms with Crippen LogP contribution in [0, 0.1) is 0 Å². The number of hydrazone groups is 1. The van der Waals surface area contributed by atoms with Crippen molar-refractivity contribution in [3.63, 3.8) is 0 Å². The fourth-order valence-electron chi connectivity index (χ4n) is 2.82. The summed E-state index contributed by atoms with van der Waals surface area (Å²) >= 11 is 11.9. The van der Waals surface area contributed by atoms with Gasteiger partial charge in [-0.1, -0.05) is 47.5 Å². The summed E-state index contributed by atoms with van der Waals surface area (Å²) in [7, 11) is 1.64. The van der Waals surface area contributed by atoms with Crippen molar-refractivity contribution in [3.8, 4) is 11.5 Å². The summed E-state index contributed by atoms with van der Waals surface area (Å²) in [6, 6.07) is 16.7. The second kappa shape index (κ2) is 10.1. The van der Waals surface area contributed by atoms with Crippen LogP contribution in [0.15, 0.2) is 59.7 Å². The third-order valence-electron chi connectivity index (χ3n) is 4.23. The molecule has 1 amide bonds. The Labute approximate surface area is 179 Å². The number of hydrogen-bond acceptors (Lipinski definition) is 4. The number of methoxy groups -OCH3 is 1. The topological polar surface area (TPSA) is 59.9 Å². The van der Waals surface area contributed by atoms with Gasteiger partial charge in [0, 0.05) is 22.4 Å². The van der Waals surface area contributed by atoms with Crippen molar-refractivity contribution in [2.45, 2.75) is 12.8 Å². The molecule has 150 valence electrons. The molecule has 29 heavy (non-hydrogen) atoms. The lowest BCUT2D eigenvalue weighted by molar-refractivity contribution is -0.121. The fraction of sp³-hybridized carbons (Fsp3) is 0.182. The van der Waals surface area contributed by atoms with E-state index in [-0.39, 0.29) is 12.3 Å². The van der Waals surface area contributed by atoms with Crippen LogP contribution in [0.3, 0.4) is 0 Å². The highest BCUT2D eigenvalue weighted by Crippen LogP contribution is 2.28. The predicted molar refractivity (Wildman–Crippen MR) is 117 cm³/mol. The summed E-state index contributed by atoms with van der Waals surface area (Å²) in [6.45, 7) is 0.363. The van der Waals surface area contributed by atoms with Crippen molar-refractivity contribution in [1.82, 2.24) is 5.43 Å². The molecule has 0 fully saturated rings. The van der Waals surface area contributed by atoms with E-state index in [1.165, 1.54) is 0 Å². The van der Waals surface area contributed by atoms with Gasteiger partial charge in [-0.3, -0.25) is 4.79 Å². The molecular formula is C22H20Cl2N2O3. The van der Waals surface area contributed by atoms with Crippen LogP contribution in [-0.4, -0.2) is 25.8 Å². The number of halogens is 2. The molecule has 0 saturated carbocycles. The molecule has 0 saturated heterocycles. The highest BCUT2D eigenvalue weighted by atomic mass is 35.5. The lowest BCUT2D eigenvalue weighted by Crippen LogP contribution is -2.18. The van der Waals surface area contributed by atoms with Crippen LogP contribution in [0.1, 0.15) is 18.4 Å². The first-order valence-corrected chi connectivity index (χ1v) is 9.79. The van der Waals surface area contributed by atoms with Crippen LogP contribution >= 0.6 is 23.2 Å². The van der Waals surface area contributed by atoms with Gasteiger partial charge >= 0.3 is 0 Å². The Morgan fingerprint density at radius 3 is 2.59 bits per heavy atom. The summed E-state index contributed by atoms with van der Waals surface area (Å²) in [4.78, 5) is 12.0. The maximum absolute atomic E-state index is 12.0. The Bertz CT molecular complexity index is 1040. The Kier molecular flexibility index (Phi) is 7.33. The molecule has 0 aliphatic heterocycles. The number of carbonyl (C=O) groups is 1. The van der Waals surface area contributed by atoms with Crippen LogP contribution in [0.25, 0.3) is 10.8 Å². The largest absolute Gasteiger partial charge is 0.496 e. The normalized spacial score (nSPS) is 11.0. The minimum absolute atomic E-state index is 0.190. The molecule has 0 heterocycles. The number of nitrogens with one attached hydrogen (secondary N) is 1. The number of ether oxygens (including phenoxy) is 2. The molecule has 0 spiro atoms. The van der Waals surface area contributed by atoms with E-state index in [2.05, 4.69) is 10.5 Å². The van der Waals surface area contributed by atoms with Crippen LogP contribution in [0.5, 0.6) is 11.5 Å². The maximum atomic E-state index is 12.0. The van der Waals surface area contributed by atoms with Crippen LogP contribution in [0.2, 0.25) is 10.0 Å². The summed E-state index contributed by atoms with van der Waals surface area (Å²) < 4.78 is 10.9. The second-order valence-electron chi connectivity index (χ2n) is 6.22. The van der Waals surface area contributed by atoms with Gasteiger partial charge < -0.3 is 9.47 Å². The van der Waals surface area contributed by atoms with Crippen molar-refractivity contribution in [2.24, 2.45) is 5.10 Å². The standard InChI is InChI=1S/C22H20Cl2N2O3/c1-28-20-10-8-15(17-5-2-3-6-18(17)20)14-25-26-22(27)7-4-12-29-21-11-9-16(23)13-19(21)24/h2-3,5-6,8-11,13-14H,4,7,12H2,1H3,(H,26,27)/b25-14+. The summed E-state index contributed by atoms with van der Waals surface area (Å²) in [5, 5.41) is 7.04. The summed E-state index contributed by atoms with van der Waals surface area (Å²) in [6.07, 6.45) is 2.45.